The van der Waals surface area contributed by atoms with Gasteiger partial charge in [0, 0.05) is 12.6 Å². The van der Waals surface area contributed by atoms with E-state index in [4.69, 9.17) is 0 Å². The molecule has 2 heterocycles. The van der Waals surface area contributed by atoms with Gasteiger partial charge < -0.3 is 14.9 Å². The van der Waals surface area contributed by atoms with Crippen LogP contribution in [0.3, 0.4) is 0 Å². The van der Waals surface area contributed by atoms with Crippen LogP contribution in [0.25, 0.3) is 0 Å². The Morgan fingerprint density at radius 2 is 2.00 bits per heavy atom. The van der Waals surface area contributed by atoms with Gasteiger partial charge in [-0.25, -0.2) is 0 Å². The van der Waals surface area contributed by atoms with Gasteiger partial charge in [0.15, 0.2) is 0 Å². The molecule has 2 atom stereocenters. The molecule has 0 saturated carbocycles. The first-order chi connectivity index (χ1) is 7.75. The highest BCUT2D eigenvalue weighted by molar-refractivity contribution is 4.78. The predicted octanol–water partition coefficient (Wildman–Crippen LogP) is 1.32. The van der Waals surface area contributed by atoms with Crippen molar-refractivity contribution >= 4 is 0 Å². The molecular weight excluding hydrogens is 200 g/mol. The van der Waals surface area contributed by atoms with Crippen LogP contribution in [0.2, 0.25) is 0 Å². The molecule has 0 radical (unpaired) electrons. The molecule has 0 amide bonds. The summed E-state index contributed by atoms with van der Waals surface area (Å²) in [7, 11) is 2.26. The fourth-order valence-electron chi connectivity index (χ4n) is 3.07. The summed E-state index contributed by atoms with van der Waals surface area (Å²) < 4.78 is 0. The van der Waals surface area contributed by atoms with Crippen LogP contribution in [0, 0.1) is 0 Å². The van der Waals surface area contributed by atoms with Crippen molar-refractivity contribution in [2.24, 2.45) is 0 Å². The maximum Gasteiger partial charge on any atom is 0.0667 e. The highest BCUT2D eigenvalue weighted by atomic mass is 16.3. The smallest absolute Gasteiger partial charge is 0.0667 e. The molecule has 2 saturated heterocycles. The molecule has 16 heavy (non-hydrogen) atoms. The van der Waals surface area contributed by atoms with Gasteiger partial charge in [0.2, 0.25) is 0 Å². The van der Waals surface area contributed by atoms with E-state index in [9.17, 15) is 5.11 Å². The van der Waals surface area contributed by atoms with Crippen molar-refractivity contribution < 1.29 is 5.11 Å². The minimum atomic E-state index is -0.0714. The molecule has 0 spiro atoms. The number of aliphatic hydroxyl groups excluding tert-OH is 1. The van der Waals surface area contributed by atoms with Crippen LogP contribution >= 0.6 is 0 Å². The van der Waals surface area contributed by atoms with Crippen molar-refractivity contribution in [1.29, 1.82) is 0 Å². The molecule has 3 nitrogen and oxygen atoms in total. The largest absolute Gasteiger partial charge is 0.392 e. The Morgan fingerprint density at radius 3 is 2.75 bits per heavy atom. The molecule has 0 aromatic heterocycles. The Kier molecular flexibility index (Phi) is 4.62. The van der Waals surface area contributed by atoms with E-state index in [-0.39, 0.29) is 6.10 Å². The second-order valence-corrected chi connectivity index (χ2v) is 5.52. The summed E-state index contributed by atoms with van der Waals surface area (Å²) in [4.78, 5) is 4.96. The maximum absolute atomic E-state index is 9.62. The maximum atomic E-state index is 9.62. The average Bonchev–Trinajstić information content (AvgIpc) is 2.28. The van der Waals surface area contributed by atoms with E-state index in [1.54, 1.807) is 0 Å². The monoisotopic (exact) mass is 226 g/mol. The van der Waals surface area contributed by atoms with Crippen LogP contribution in [0.15, 0.2) is 0 Å². The van der Waals surface area contributed by atoms with Gasteiger partial charge in [0.25, 0.3) is 0 Å². The zero-order chi connectivity index (χ0) is 11.4. The third-order valence-corrected chi connectivity index (χ3v) is 4.18. The minimum absolute atomic E-state index is 0.0714. The molecule has 0 aromatic rings. The highest BCUT2D eigenvalue weighted by Gasteiger charge is 2.22. The van der Waals surface area contributed by atoms with E-state index in [1.807, 2.05) is 0 Å². The normalized spacial score (nSPS) is 34.1. The Labute approximate surface area is 99.4 Å². The Bertz CT molecular complexity index is 210. The fraction of sp³-hybridized carbons (Fsp3) is 1.00. The molecule has 0 bridgehead atoms. The van der Waals surface area contributed by atoms with Gasteiger partial charge in [0.1, 0.15) is 0 Å². The van der Waals surface area contributed by atoms with Crippen LogP contribution in [0.5, 0.6) is 0 Å². The van der Waals surface area contributed by atoms with E-state index in [1.165, 1.54) is 51.7 Å². The number of piperidine rings is 2. The molecule has 2 fully saturated rings. The van der Waals surface area contributed by atoms with Gasteiger partial charge in [0.05, 0.1) is 6.10 Å². The molecule has 94 valence electrons. The molecule has 1 N–H and O–H groups in total. The third-order valence-electron chi connectivity index (χ3n) is 4.18. The second-order valence-electron chi connectivity index (χ2n) is 5.52. The van der Waals surface area contributed by atoms with Crippen molar-refractivity contribution in [3.05, 3.63) is 0 Å². The number of likely N-dealkylation sites (tertiary alicyclic amines) is 2. The van der Waals surface area contributed by atoms with Crippen molar-refractivity contribution in [2.75, 3.05) is 33.2 Å². The minimum Gasteiger partial charge on any atom is -0.392 e. The van der Waals surface area contributed by atoms with Crippen LogP contribution in [-0.4, -0.2) is 60.3 Å². The Balaban J connectivity index is 1.69. The standard InChI is InChI=1S/C13H26N2O/c1-14-8-3-2-5-12(14)7-10-15-9-4-6-13(16)11-15/h12-13,16H,2-11H2,1H3. The number of β-amino-alcohol motifs (C(OH)–C–C–N with tert-alkyl or cyclic N) is 1. The lowest BCUT2D eigenvalue weighted by Crippen LogP contribution is -2.42. The summed E-state index contributed by atoms with van der Waals surface area (Å²) >= 11 is 0. The molecule has 0 aromatic carbocycles. The van der Waals surface area contributed by atoms with Crippen LogP contribution < -0.4 is 0 Å². The Morgan fingerprint density at radius 1 is 1.12 bits per heavy atom. The third kappa shape index (κ3) is 3.44. The van der Waals surface area contributed by atoms with E-state index in [0.29, 0.717) is 0 Å². The Hall–Kier alpha value is -0.120. The summed E-state index contributed by atoms with van der Waals surface area (Å²) in [6, 6.07) is 0.785. The van der Waals surface area contributed by atoms with Gasteiger partial charge in [-0.3, -0.25) is 0 Å². The van der Waals surface area contributed by atoms with Crippen molar-refractivity contribution in [3.63, 3.8) is 0 Å². The first-order valence-corrected chi connectivity index (χ1v) is 6.86. The summed E-state index contributed by atoms with van der Waals surface area (Å²) in [5.41, 5.74) is 0. The van der Waals surface area contributed by atoms with Gasteiger partial charge in [-0.05, 0) is 58.8 Å². The molecule has 2 unspecified atom stereocenters. The highest BCUT2D eigenvalue weighted by Crippen LogP contribution is 2.19. The van der Waals surface area contributed by atoms with Crippen molar-refractivity contribution in [2.45, 2.75) is 50.7 Å². The summed E-state index contributed by atoms with van der Waals surface area (Å²) in [5, 5.41) is 9.62. The first kappa shape index (κ1) is 12.3. The predicted molar refractivity (Wildman–Crippen MR) is 66.6 cm³/mol. The van der Waals surface area contributed by atoms with Crippen molar-refractivity contribution in [1.82, 2.24) is 9.80 Å². The molecular formula is C13H26N2O. The quantitative estimate of drug-likeness (QED) is 0.786. The van der Waals surface area contributed by atoms with Crippen LogP contribution in [0.4, 0.5) is 0 Å². The average molecular weight is 226 g/mol. The number of rotatable bonds is 3. The summed E-state index contributed by atoms with van der Waals surface area (Å²) in [6.07, 6.45) is 7.52. The summed E-state index contributed by atoms with van der Waals surface area (Å²) in [5.74, 6) is 0. The number of nitrogens with zero attached hydrogens (tertiary/aromatic N) is 2. The van der Waals surface area contributed by atoms with E-state index >= 15 is 0 Å². The topological polar surface area (TPSA) is 26.7 Å². The number of hydrogen-bond acceptors (Lipinski definition) is 3. The fourth-order valence-corrected chi connectivity index (χ4v) is 3.07. The zero-order valence-corrected chi connectivity index (χ0v) is 10.6. The van der Waals surface area contributed by atoms with Crippen LogP contribution in [-0.2, 0) is 0 Å². The lowest BCUT2D eigenvalue weighted by Gasteiger charge is -2.35. The molecule has 2 aliphatic heterocycles. The zero-order valence-electron chi connectivity index (χ0n) is 10.6. The van der Waals surface area contributed by atoms with E-state index in [0.717, 1.165) is 19.0 Å². The SMILES string of the molecule is CN1CCCCC1CCN1CCCC(O)C1. The van der Waals surface area contributed by atoms with E-state index < -0.39 is 0 Å². The molecule has 3 heteroatoms. The second kappa shape index (κ2) is 5.99. The van der Waals surface area contributed by atoms with Gasteiger partial charge in [-0.2, -0.15) is 0 Å². The molecule has 0 aliphatic carbocycles. The van der Waals surface area contributed by atoms with E-state index in [2.05, 4.69) is 16.8 Å². The number of hydrogen-bond donors (Lipinski definition) is 1. The summed E-state index contributed by atoms with van der Waals surface area (Å²) in [6.45, 7) is 4.53. The number of aliphatic hydroxyl groups is 1. The van der Waals surface area contributed by atoms with Gasteiger partial charge in [-0.1, -0.05) is 6.42 Å². The van der Waals surface area contributed by atoms with Crippen molar-refractivity contribution in [3.8, 4) is 0 Å². The molecule has 2 aliphatic rings. The van der Waals surface area contributed by atoms with Gasteiger partial charge >= 0.3 is 0 Å². The first-order valence-electron chi connectivity index (χ1n) is 6.86. The van der Waals surface area contributed by atoms with Crippen LogP contribution in [0.1, 0.15) is 38.5 Å². The van der Waals surface area contributed by atoms with Gasteiger partial charge in [-0.15, -0.1) is 0 Å². The molecule has 2 rings (SSSR count). The lowest BCUT2D eigenvalue weighted by molar-refractivity contribution is 0.0624. The lowest BCUT2D eigenvalue weighted by atomic mass is 9.99.